The third-order valence-electron chi connectivity index (χ3n) is 2.54. The van der Waals surface area contributed by atoms with Crippen LogP contribution in [-0.2, 0) is 11.3 Å². The third kappa shape index (κ3) is 3.67. The fraction of sp³-hybridized carbons (Fsp3) is 0.154. The van der Waals surface area contributed by atoms with Gasteiger partial charge in [-0.25, -0.2) is 4.79 Å². The summed E-state index contributed by atoms with van der Waals surface area (Å²) < 4.78 is 6.26. The van der Waals surface area contributed by atoms with Crippen molar-refractivity contribution in [3.05, 3.63) is 48.5 Å². The number of ether oxygens (including phenoxy) is 1. The van der Waals surface area contributed by atoms with Gasteiger partial charge in [0.15, 0.2) is 0 Å². The van der Waals surface area contributed by atoms with Crippen LogP contribution in [0.1, 0.15) is 15.2 Å². The summed E-state index contributed by atoms with van der Waals surface area (Å²) in [5.74, 6) is -0.397. The smallest absolute Gasteiger partial charge is 0.337 e. The van der Waals surface area contributed by atoms with Gasteiger partial charge in [-0.3, -0.25) is 0 Å². The van der Waals surface area contributed by atoms with Gasteiger partial charge < -0.3 is 10.1 Å². The SMILES string of the molecule is COC(=O)c1ccc(Cl)c(NCc2cc(Br)c(Cl)s2)c1. The lowest BCUT2D eigenvalue weighted by Gasteiger charge is -2.09. The number of halogens is 3. The molecule has 7 heteroatoms. The van der Waals surface area contributed by atoms with Gasteiger partial charge in [-0.2, -0.15) is 0 Å². The summed E-state index contributed by atoms with van der Waals surface area (Å²) >= 11 is 16.9. The van der Waals surface area contributed by atoms with Gasteiger partial charge in [-0.05, 0) is 40.2 Å². The molecule has 0 aliphatic rings. The van der Waals surface area contributed by atoms with Crippen molar-refractivity contribution in [3.63, 3.8) is 0 Å². The molecule has 0 saturated carbocycles. The molecule has 1 N–H and O–H groups in total. The van der Waals surface area contributed by atoms with Crippen molar-refractivity contribution in [1.82, 2.24) is 0 Å². The zero-order valence-electron chi connectivity index (χ0n) is 10.4. The van der Waals surface area contributed by atoms with E-state index in [2.05, 4.69) is 26.0 Å². The molecule has 0 fully saturated rings. The van der Waals surface area contributed by atoms with E-state index in [0.29, 0.717) is 27.2 Å². The van der Waals surface area contributed by atoms with E-state index in [4.69, 9.17) is 23.2 Å². The van der Waals surface area contributed by atoms with Gasteiger partial charge in [0.1, 0.15) is 4.34 Å². The number of esters is 1. The summed E-state index contributed by atoms with van der Waals surface area (Å²) in [4.78, 5) is 12.5. The molecular weight excluding hydrogens is 385 g/mol. The van der Waals surface area contributed by atoms with Crippen LogP contribution in [0.3, 0.4) is 0 Å². The zero-order chi connectivity index (χ0) is 14.7. The summed E-state index contributed by atoms with van der Waals surface area (Å²) in [6, 6.07) is 6.89. The third-order valence-corrected chi connectivity index (χ3v) is 5.34. The largest absolute Gasteiger partial charge is 0.465 e. The van der Waals surface area contributed by atoms with E-state index in [1.165, 1.54) is 18.4 Å². The van der Waals surface area contributed by atoms with Crippen LogP contribution in [0.25, 0.3) is 0 Å². The second kappa shape index (κ2) is 6.80. The van der Waals surface area contributed by atoms with Crippen LogP contribution in [0.15, 0.2) is 28.7 Å². The van der Waals surface area contributed by atoms with Gasteiger partial charge in [0, 0.05) is 15.9 Å². The quantitative estimate of drug-likeness (QED) is 0.722. The number of anilines is 1. The molecule has 0 radical (unpaired) electrons. The van der Waals surface area contributed by atoms with Crippen LogP contribution < -0.4 is 5.32 Å². The Labute approximate surface area is 139 Å². The predicted octanol–water partition coefficient (Wildman–Crippen LogP) is 5.22. The average Bonchev–Trinajstić information content (AvgIpc) is 2.76. The monoisotopic (exact) mass is 393 g/mol. The van der Waals surface area contributed by atoms with E-state index in [-0.39, 0.29) is 0 Å². The number of methoxy groups -OCH3 is 1. The van der Waals surface area contributed by atoms with Gasteiger partial charge >= 0.3 is 5.97 Å². The molecule has 2 rings (SSSR count). The highest BCUT2D eigenvalue weighted by Crippen LogP contribution is 2.33. The number of thiophene rings is 1. The van der Waals surface area contributed by atoms with Crippen molar-refractivity contribution >= 4 is 62.1 Å². The maximum atomic E-state index is 11.5. The summed E-state index contributed by atoms with van der Waals surface area (Å²) in [7, 11) is 1.34. The van der Waals surface area contributed by atoms with E-state index in [1.54, 1.807) is 18.2 Å². The average molecular weight is 395 g/mol. The molecule has 1 aromatic heterocycles. The van der Waals surface area contributed by atoms with Crippen molar-refractivity contribution < 1.29 is 9.53 Å². The second-order valence-corrected chi connectivity index (χ2v) is 6.87. The van der Waals surface area contributed by atoms with Crippen LogP contribution in [0.5, 0.6) is 0 Å². The minimum atomic E-state index is -0.397. The Kier molecular flexibility index (Phi) is 5.32. The topological polar surface area (TPSA) is 38.3 Å². The molecule has 0 saturated heterocycles. The molecule has 1 aromatic carbocycles. The van der Waals surface area contributed by atoms with E-state index in [9.17, 15) is 4.79 Å². The molecule has 0 aliphatic heterocycles. The minimum Gasteiger partial charge on any atom is -0.465 e. The molecule has 0 unspecified atom stereocenters. The van der Waals surface area contributed by atoms with Gasteiger partial charge in [-0.15, -0.1) is 11.3 Å². The Balaban J connectivity index is 2.14. The molecule has 3 nitrogen and oxygen atoms in total. The normalized spacial score (nSPS) is 10.4. The second-order valence-electron chi connectivity index (χ2n) is 3.87. The maximum absolute atomic E-state index is 11.5. The van der Waals surface area contributed by atoms with Gasteiger partial charge in [0.25, 0.3) is 0 Å². The lowest BCUT2D eigenvalue weighted by Crippen LogP contribution is -2.04. The predicted molar refractivity (Wildman–Crippen MR) is 87.1 cm³/mol. The van der Waals surface area contributed by atoms with Gasteiger partial charge in [-0.1, -0.05) is 23.2 Å². The van der Waals surface area contributed by atoms with E-state index in [0.717, 1.165) is 9.35 Å². The highest BCUT2D eigenvalue weighted by atomic mass is 79.9. The first kappa shape index (κ1) is 15.6. The van der Waals surface area contributed by atoms with Gasteiger partial charge in [0.2, 0.25) is 0 Å². The molecule has 0 atom stereocenters. The van der Waals surface area contributed by atoms with Crippen LogP contribution in [0, 0.1) is 0 Å². The lowest BCUT2D eigenvalue weighted by molar-refractivity contribution is 0.0601. The minimum absolute atomic E-state index is 0.397. The molecule has 20 heavy (non-hydrogen) atoms. The fourth-order valence-electron chi connectivity index (χ4n) is 1.57. The van der Waals surface area contributed by atoms with Crippen LogP contribution in [-0.4, -0.2) is 13.1 Å². The Hall–Kier alpha value is -0.750. The highest BCUT2D eigenvalue weighted by Gasteiger charge is 2.10. The number of hydrogen-bond acceptors (Lipinski definition) is 4. The van der Waals surface area contributed by atoms with Crippen molar-refractivity contribution in [2.45, 2.75) is 6.54 Å². The van der Waals surface area contributed by atoms with E-state index < -0.39 is 5.97 Å². The molecule has 0 bridgehead atoms. The van der Waals surface area contributed by atoms with Crippen molar-refractivity contribution in [3.8, 4) is 0 Å². The molecule has 0 aliphatic carbocycles. The van der Waals surface area contributed by atoms with Crippen LogP contribution in [0.4, 0.5) is 5.69 Å². The zero-order valence-corrected chi connectivity index (χ0v) is 14.3. The molecule has 0 amide bonds. The van der Waals surface area contributed by atoms with Gasteiger partial charge in [0.05, 0.1) is 23.4 Å². The number of nitrogens with one attached hydrogen (secondary N) is 1. The molecular formula is C13H10BrCl2NO2S. The molecule has 106 valence electrons. The maximum Gasteiger partial charge on any atom is 0.337 e. The summed E-state index contributed by atoms with van der Waals surface area (Å²) in [5, 5.41) is 3.72. The van der Waals surface area contributed by atoms with E-state index in [1.807, 2.05) is 6.07 Å². The molecule has 2 aromatic rings. The standard InChI is InChI=1S/C13H10BrCl2NO2S/c1-19-13(18)7-2-3-10(15)11(4-7)17-6-8-5-9(14)12(16)20-8/h2-5,17H,6H2,1H3. The van der Waals surface area contributed by atoms with Crippen LogP contribution in [0.2, 0.25) is 9.36 Å². The highest BCUT2D eigenvalue weighted by molar-refractivity contribution is 9.10. The Bertz CT molecular complexity index is 626. The Morgan fingerprint density at radius 1 is 1.40 bits per heavy atom. The first-order valence-electron chi connectivity index (χ1n) is 5.56. The summed E-state index contributed by atoms with van der Waals surface area (Å²) in [5.41, 5.74) is 1.13. The lowest BCUT2D eigenvalue weighted by atomic mass is 10.2. The number of carbonyl (C=O) groups is 1. The molecule has 1 heterocycles. The van der Waals surface area contributed by atoms with E-state index >= 15 is 0 Å². The first-order valence-corrected chi connectivity index (χ1v) is 7.93. The number of rotatable bonds is 4. The van der Waals surface area contributed by atoms with Crippen molar-refractivity contribution in [2.75, 3.05) is 12.4 Å². The molecule has 0 spiro atoms. The van der Waals surface area contributed by atoms with Crippen molar-refractivity contribution in [2.24, 2.45) is 0 Å². The Morgan fingerprint density at radius 2 is 2.15 bits per heavy atom. The number of hydrogen-bond donors (Lipinski definition) is 1. The number of carbonyl (C=O) groups excluding carboxylic acids is 1. The van der Waals surface area contributed by atoms with Crippen molar-refractivity contribution in [1.29, 1.82) is 0 Å². The number of benzene rings is 1. The fourth-order valence-corrected chi connectivity index (χ4v) is 3.48. The first-order chi connectivity index (χ1) is 9.51. The van der Waals surface area contributed by atoms with Crippen LogP contribution >= 0.6 is 50.5 Å². The summed E-state index contributed by atoms with van der Waals surface area (Å²) in [6.07, 6.45) is 0. The summed E-state index contributed by atoms with van der Waals surface area (Å²) in [6.45, 7) is 0.570. The Morgan fingerprint density at radius 3 is 2.75 bits per heavy atom.